The highest BCUT2D eigenvalue weighted by Crippen LogP contribution is 2.31. The Balaban J connectivity index is 2.99. The smallest absolute Gasteiger partial charge is 0.273 e. The summed E-state index contributed by atoms with van der Waals surface area (Å²) >= 11 is 0. The second kappa shape index (κ2) is 5.71. The van der Waals surface area contributed by atoms with Gasteiger partial charge in [-0.05, 0) is 13.0 Å². The first-order valence-corrected chi connectivity index (χ1v) is 4.96. The minimum Gasteiger partial charge on any atom is -0.493 e. The zero-order valence-corrected chi connectivity index (χ0v) is 9.86. The van der Waals surface area contributed by atoms with Crippen molar-refractivity contribution in [1.82, 2.24) is 0 Å². The summed E-state index contributed by atoms with van der Waals surface area (Å²) in [6.07, 6.45) is -0.689. The lowest BCUT2D eigenvalue weighted by atomic mass is 10.2. The molecule has 18 heavy (non-hydrogen) atoms. The highest BCUT2D eigenvalue weighted by atomic mass is 16.6. The van der Waals surface area contributed by atoms with Crippen LogP contribution in [0.4, 0.5) is 5.69 Å². The molecule has 0 saturated heterocycles. The Bertz CT molecular complexity index is 475. The van der Waals surface area contributed by atoms with Gasteiger partial charge in [0.25, 0.3) is 5.69 Å². The molecular formula is C10H13N3O5. The molecule has 1 unspecified atom stereocenters. The molecule has 0 heterocycles. The molecule has 0 aromatic heterocycles. The second-order valence-electron chi connectivity index (χ2n) is 3.38. The molecule has 8 nitrogen and oxygen atoms in total. The van der Waals surface area contributed by atoms with Gasteiger partial charge in [-0.1, -0.05) is 5.16 Å². The van der Waals surface area contributed by atoms with Gasteiger partial charge in [-0.2, -0.15) is 0 Å². The number of oxime groups is 1. The van der Waals surface area contributed by atoms with E-state index in [1.165, 1.54) is 25.3 Å². The first kappa shape index (κ1) is 13.6. The van der Waals surface area contributed by atoms with Crippen LogP contribution in [-0.4, -0.2) is 29.2 Å². The lowest BCUT2D eigenvalue weighted by molar-refractivity contribution is -0.385. The number of nitrogens with zero attached hydrogens (tertiary/aromatic N) is 2. The fourth-order valence-corrected chi connectivity index (χ4v) is 1.20. The lowest BCUT2D eigenvalue weighted by Gasteiger charge is -2.15. The van der Waals surface area contributed by atoms with Gasteiger partial charge < -0.3 is 20.4 Å². The first-order valence-electron chi connectivity index (χ1n) is 4.96. The molecule has 1 atom stereocenters. The minimum absolute atomic E-state index is 0.115. The third-order valence-corrected chi connectivity index (χ3v) is 2.19. The number of hydrogen-bond acceptors (Lipinski definition) is 6. The number of ether oxygens (including phenoxy) is 2. The summed E-state index contributed by atoms with van der Waals surface area (Å²) in [6.45, 7) is 1.57. The van der Waals surface area contributed by atoms with E-state index in [2.05, 4.69) is 5.16 Å². The fourth-order valence-electron chi connectivity index (χ4n) is 1.20. The molecule has 98 valence electrons. The van der Waals surface area contributed by atoms with Crippen LogP contribution < -0.4 is 15.2 Å². The largest absolute Gasteiger partial charge is 0.493 e. The number of nitro benzene ring substituents is 1. The fraction of sp³-hybridized carbons (Fsp3) is 0.300. The molecule has 0 spiro atoms. The average Bonchev–Trinajstić information content (AvgIpc) is 2.37. The standard InChI is InChI=1S/C10H13N3O5/c1-6(10(11)12-14)18-8-4-3-7(13(15)16)5-9(8)17-2/h3-6,14H,1-2H3,(H2,11,12). The Hall–Kier alpha value is -2.51. The summed E-state index contributed by atoms with van der Waals surface area (Å²) in [5.74, 6) is 0.347. The highest BCUT2D eigenvalue weighted by Gasteiger charge is 2.16. The normalized spacial score (nSPS) is 12.9. The third-order valence-electron chi connectivity index (χ3n) is 2.19. The first-order chi connectivity index (χ1) is 8.49. The SMILES string of the molecule is COc1cc([N+](=O)[O-])ccc1OC(C)C(N)=NO. The maximum atomic E-state index is 10.6. The summed E-state index contributed by atoms with van der Waals surface area (Å²) < 4.78 is 10.3. The number of hydrogen-bond donors (Lipinski definition) is 2. The molecule has 1 aromatic rings. The van der Waals surface area contributed by atoms with Crippen LogP contribution in [-0.2, 0) is 0 Å². The van der Waals surface area contributed by atoms with E-state index in [1.807, 2.05) is 0 Å². The molecule has 0 radical (unpaired) electrons. The van der Waals surface area contributed by atoms with Gasteiger partial charge in [-0.15, -0.1) is 0 Å². The molecule has 8 heteroatoms. The van der Waals surface area contributed by atoms with Crippen LogP contribution in [0.5, 0.6) is 11.5 Å². The van der Waals surface area contributed by atoms with Crippen molar-refractivity contribution in [2.75, 3.05) is 7.11 Å². The number of nitro groups is 1. The van der Waals surface area contributed by atoms with Crippen LogP contribution in [0.15, 0.2) is 23.4 Å². The van der Waals surface area contributed by atoms with Crippen LogP contribution in [0.25, 0.3) is 0 Å². The van der Waals surface area contributed by atoms with E-state index in [0.29, 0.717) is 0 Å². The predicted molar refractivity (Wildman–Crippen MR) is 63.1 cm³/mol. The highest BCUT2D eigenvalue weighted by molar-refractivity contribution is 5.84. The van der Waals surface area contributed by atoms with Gasteiger partial charge in [-0.25, -0.2) is 0 Å². The van der Waals surface area contributed by atoms with Crippen molar-refractivity contribution >= 4 is 11.5 Å². The van der Waals surface area contributed by atoms with Crippen molar-refractivity contribution < 1.29 is 19.6 Å². The number of amidine groups is 1. The van der Waals surface area contributed by atoms with Gasteiger partial charge in [0.05, 0.1) is 18.1 Å². The number of nitrogens with two attached hydrogens (primary N) is 1. The van der Waals surface area contributed by atoms with Crippen molar-refractivity contribution in [3.63, 3.8) is 0 Å². The summed E-state index contributed by atoms with van der Waals surface area (Å²) in [7, 11) is 1.36. The molecule has 3 N–H and O–H groups in total. The summed E-state index contributed by atoms with van der Waals surface area (Å²) in [6, 6.07) is 3.89. The Labute approximate surface area is 103 Å². The van der Waals surface area contributed by atoms with Gasteiger partial charge in [0.1, 0.15) is 0 Å². The number of benzene rings is 1. The zero-order chi connectivity index (χ0) is 13.7. The molecule has 0 aliphatic heterocycles. The lowest BCUT2D eigenvalue weighted by Crippen LogP contribution is -2.31. The Morgan fingerprint density at radius 3 is 2.72 bits per heavy atom. The Morgan fingerprint density at radius 1 is 1.56 bits per heavy atom. The van der Waals surface area contributed by atoms with E-state index in [1.54, 1.807) is 6.92 Å². The van der Waals surface area contributed by atoms with Gasteiger partial charge in [0.2, 0.25) is 0 Å². The molecule has 1 rings (SSSR count). The van der Waals surface area contributed by atoms with Crippen LogP contribution in [0.3, 0.4) is 0 Å². The third kappa shape index (κ3) is 3.00. The van der Waals surface area contributed by atoms with E-state index >= 15 is 0 Å². The molecule has 0 amide bonds. The van der Waals surface area contributed by atoms with E-state index < -0.39 is 11.0 Å². The minimum atomic E-state index is -0.689. The number of non-ortho nitro benzene ring substituents is 1. The zero-order valence-electron chi connectivity index (χ0n) is 9.86. The van der Waals surface area contributed by atoms with E-state index in [-0.39, 0.29) is 23.0 Å². The van der Waals surface area contributed by atoms with Gasteiger partial charge in [-0.3, -0.25) is 10.1 Å². The number of rotatable bonds is 5. The van der Waals surface area contributed by atoms with Gasteiger partial charge in [0, 0.05) is 6.07 Å². The van der Waals surface area contributed by atoms with E-state index in [4.69, 9.17) is 20.4 Å². The summed E-state index contributed by atoms with van der Waals surface area (Å²) in [5, 5.41) is 21.9. The quantitative estimate of drug-likeness (QED) is 0.267. The molecule has 0 aliphatic carbocycles. The molecule has 0 saturated carbocycles. The molecule has 0 aliphatic rings. The van der Waals surface area contributed by atoms with Crippen molar-refractivity contribution in [3.05, 3.63) is 28.3 Å². The van der Waals surface area contributed by atoms with E-state index in [0.717, 1.165) is 0 Å². The summed E-state index contributed by atoms with van der Waals surface area (Å²) in [4.78, 5) is 10.1. The maximum absolute atomic E-state index is 10.6. The van der Waals surface area contributed by atoms with Crippen LogP contribution >= 0.6 is 0 Å². The van der Waals surface area contributed by atoms with E-state index in [9.17, 15) is 10.1 Å². The monoisotopic (exact) mass is 255 g/mol. The molecule has 0 bridgehead atoms. The topological polar surface area (TPSA) is 120 Å². The van der Waals surface area contributed by atoms with Crippen molar-refractivity contribution in [2.24, 2.45) is 10.9 Å². The van der Waals surface area contributed by atoms with Crippen molar-refractivity contribution in [2.45, 2.75) is 13.0 Å². The van der Waals surface area contributed by atoms with Gasteiger partial charge >= 0.3 is 0 Å². The predicted octanol–water partition coefficient (Wildman–Crippen LogP) is 1.12. The van der Waals surface area contributed by atoms with Gasteiger partial charge in [0.15, 0.2) is 23.4 Å². The van der Waals surface area contributed by atoms with Crippen LogP contribution in [0, 0.1) is 10.1 Å². The Morgan fingerprint density at radius 2 is 2.22 bits per heavy atom. The molecule has 1 aromatic carbocycles. The molecular weight excluding hydrogens is 242 g/mol. The average molecular weight is 255 g/mol. The second-order valence-corrected chi connectivity index (χ2v) is 3.38. The Kier molecular flexibility index (Phi) is 4.30. The summed E-state index contributed by atoms with van der Waals surface area (Å²) in [5.41, 5.74) is 5.24. The van der Waals surface area contributed by atoms with Crippen molar-refractivity contribution in [3.8, 4) is 11.5 Å². The number of methoxy groups -OCH3 is 1. The molecule has 0 fully saturated rings. The maximum Gasteiger partial charge on any atom is 0.273 e. The van der Waals surface area contributed by atoms with Crippen LogP contribution in [0.1, 0.15) is 6.92 Å². The van der Waals surface area contributed by atoms with Crippen LogP contribution in [0.2, 0.25) is 0 Å². The van der Waals surface area contributed by atoms with Crippen molar-refractivity contribution in [1.29, 1.82) is 0 Å².